The quantitative estimate of drug-likeness (QED) is 0.538. The fourth-order valence-electron chi connectivity index (χ4n) is 2.37. The lowest BCUT2D eigenvalue weighted by molar-refractivity contribution is 0.0736. The lowest BCUT2D eigenvalue weighted by atomic mass is 10.1. The molecule has 1 aromatic heterocycles. The summed E-state index contributed by atoms with van der Waals surface area (Å²) in [6.07, 6.45) is 0.564. The zero-order chi connectivity index (χ0) is 16.2. The van der Waals surface area contributed by atoms with Crippen LogP contribution in [0.25, 0.3) is 0 Å². The normalized spacial score (nSPS) is 10.5. The number of para-hydroxylation sites is 1. The molecule has 0 saturated carbocycles. The molecule has 3 aromatic rings. The maximum absolute atomic E-state index is 12.5. The molecule has 0 bridgehead atoms. The molecule has 5 heteroatoms. The lowest BCUT2D eigenvalue weighted by Crippen LogP contribution is -2.11. The first-order valence-electron chi connectivity index (χ1n) is 7.28. The lowest BCUT2D eigenvalue weighted by Gasteiger charge is -2.09. The Morgan fingerprint density at radius 1 is 1.04 bits per heavy atom. The van der Waals surface area contributed by atoms with Gasteiger partial charge < -0.3 is 4.74 Å². The highest BCUT2D eigenvalue weighted by atomic mass is 32.1. The van der Waals surface area contributed by atoms with E-state index in [0.29, 0.717) is 22.7 Å². The van der Waals surface area contributed by atoms with Crippen molar-refractivity contribution < 1.29 is 9.53 Å². The molecule has 0 radical (unpaired) electrons. The van der Waals surface area contributed by atoms with Crippen LogP contribution >= 0.6 is 11.5 Å². The van der Waals surface area contributed by atoms with Crippen molar-refractivity contribution in [2.45, 2.75) is 20.3 Å². The molecule has 0 atom stereocenters. The molecule has 4 nitrogen and oxygen atoms in total. The SMILES string of the molecule is Cc1cccc(C)c1OC(=O)c1snnc1Cc1ccccc1. The van der Waals surface area contributed by atoms with Crippen LogP contribution in [0, 0.1) is 13.8 Å². The summed E-state index contributed by atoms with van der Waals surface area (Å²) >= 11 is 1.07. The summed E-state index contributed by atoms with van der Waals surface area (Å²) in [4.78, 5) is 13.0. The molecule has 1 heterocycles. The zero-order valence-corrected chi connectivity index (χ0v) is 13.8. The van der Waals surface area contributed by atoms with Crippen molar-refractivity contribution in [1.29, 1.82) is 0 Å². The van der Waals surface area contributed by atoms with Crippen LogP contribution in [0.1, 0.15) is 32.1 Å². The fraction of sp³-hybridized carbons (Fsp3) is 0.167. The number of aromatic nitrogens is 2. The molecule has 0 fully saturated rings. The van der Waals surface area contributed by atoms with Gasteiger partial charge in [0.05, 0.1) is 5.69 Å². The Bertz CT molecular complexity index is 808. The Hall–Kier alpha value is -2.53. The third-order valence-corrected chi connectivity index (χ3v) is 4.31. The highest BCUT2D eigenvalue weighted by molar-refractivity contribution is 7.07. The minimum atomic E-state index is -0.400. The standard InChI is InChI=1S/C18H16N2O2S/c1-12-7-6-8-13(2)16(12)22-18(21)17-15(19-20-23-17)11-14-9-4-3-5-10-14/h3-10H,11H2,1-2H3. The van der Waals surface area contributed by atoms with Crippen molar-refractivity contribution in [3.05, 3.63) is 75.8 Å². The summed E-state index contributed by atoms with van der Waals surface area (Å²) in [7, 11) is 0. The fourth-order valence-corrected chi connectivity index (χ4v) is 2.92. The largest absolute Gasteiger partial charge is 0.422 e. The number of rotatable bonds is 4. The Morgan fingerprint density at radius 3 is 2.43 bits per heavy atom. The molecule has 0 amide bonds. The predicted octanol–water partition coefficient (Wildman–Crippen LogP) is 3.96. The van der Waals surface area contributed by atoms with Gasteiger partial charge in [0.15, 0.2) is 4.88 Å². The van der Waals surface area contributed by atoms with Gasteiger partial charge in [0.1, 0.15) is 5.75 Å². The van der Waals surface area contributed by atoms with Gasteiger partial charge in [-0.1, -0.05) is 53.0 Å². The average molecular weight is 324 g/mol. The van der Waals surface area contributed by atoms with E-state index >= 15 is 0 Å². The summed E-state index contributed by atoms with van der Waals surface area (Å²) in [5, 5.41) is 4.09. The third-order valence-electron chi connectivity index (χ3n) is 3.56. The van der Waals surface area contributed by atoms with Gasteiger partial charge in [0.25, 0.3) is 0 Å². The third kappa shape index (κ3) is 3.46. The van der Waals surface area contributed by atoms with Crippen LogP contribution in [0.5, 0.6) is 5.75 Å². The van der Waals surface area contributed by atoms with Crippen LogP contribution in [0.3, 0.4) is 0 Å². The second-order valence-corrected chi connectivity index (χ2v) is 6.08. The number of nitrogens with zero attached hydrogens (tertiary/aromatic N) is 2. The van der Waals surface area contributed by atoms with Gasteiger partial charge >= 0.3 is 5.97 Å². The summed E-state index contributed by atoms with van der Waals surface area (Å²) < 4.78 is 9.51. The van der Waals surface area contributed by atoms with Crippen LogP contribution in [0.4, 0.5) is 0 Å². The van der Waals surface area contributed by atoms with Gasteiger partial charge in [0.2, 0.25) is 0 Å². The molecule has 0 spiro atoms. The Balaban J connectivity index is 1.83. The van der Waals surface area contributed by atoms with Crippen molar-refractivity contribution in [3.8, 4) is 5.75 Å². The second kappa shape index (κ2) is 6.71. The molecule has 2 aromatic carbocycles. The Labute approximate surface area is 138 Å². The molecule has 0 aliphatic heterocycles. The number of aryl methyl sites for hydroxylation is 2. The number of hydrogen-bond acceptors (Lipinski definition) is 5. The van der Waals surface area contributed by atoms with E-state index in [2.05, 4.69) is 9.59 Å². The van der Waals surface area contributed by atoms with Gasteiger partial charge in [-0.05, 0) is 42.1 Å². The smallest absolute Gasteiger partial charge is 0.357 e. The van der Waals surface area contributed by atoms with Crippen molar-refractivity contribution in [3.63, 3.8) is 0 Å². The average Bonchev–Trinajstić information content (AvgIpc) is 3.00. The molecular weight excluding hydrogens is 308 g/mol. The van der Waals surface area contributed by atoms with E-state index in [4.69, 9.17) is 4.74 Å². The van der Waals surface area contributed by atoms with Crippen LogP contribution < -0.4 is 4.74 Å². The van der Waals surface area contributed by atoms with Crippen molar-refractivity contribution in [2.24, 2.45) is 0 Å². The first kappa shape index (κ1) is 15.4. The Kier molecular flexibility index (Phi) is 4.48. The van der Waals surface area contributed by atoms with Crippen LogP contribution in [0.15, 0.2) is 48.5 Å². The van der Waals surface area contributed by atoms with Crippen molar-refractivity contribution >= 4 is 17.5 Å². The number of carbonyl (C=O) groups excluding carboxylic acids is 1. The zero-order valence-electron chi connectivity index (χ0n) is 12.9. The topological polar surface area (TPSA) is 52.1 Å². The summed E-state index contributed by atoms with van der Waals surface area (Å²) in [5.74, 6) is 0.208. The first-order chi connectivity index (χ1) is 11.1. The summed E-state index contributed by atoms with van der Waals surface area (Å²) in [5.41, 5.74) is 3.60. The van der Waals surface area contributed by atoms with E-state index < -0.39 is 5.97 Å². The maximum Gasteiger partial charge on any atom is 0.357 e. The van der Waals surface area contributed by atoms with Gasteiger partial charge in [-0.15, -0.1) is 5.10 Å². The molecule has 3 rings (SSSR count). The number of benzene rings is 2. The van der Waals surface area contributed by atoms with Crippen molar-refractivity contribution in [2.75, 3.05) is 0 Å². The van der Waals surface area contributed by atoms with E-state index in [1.807, 2.05) is 62.4 Å². The van der Waals surface area contributed by atoms with Crippen LogP contribution in [0.2, 0.25) is 0 Å². The second-order valence-electron chi connectivity index (χ2n) is 5.32. The monoisotopic (exact) mass is 324 g/mol. The highest BCUT2D eigenvalue weighted by Crippen LogP contribution is 2.25. The molecule has 0 N–H and O–H groups in total. The van der Waals surface area contributed by atoms with E-state index in [0.717, 1.165) is 28.2 Å². The first-order valence-corrected chi connectivity index (χ1v) is 8.06. The number of hydrogen-bond donors (Lipinski definition) is 0. The van der Waals surface area contributed by atoms with E-state index in [1.54, 1.807) is 0 Å². The molecule has 0 aliphatic rings. The molecule has 0 saturated heterocycles. The van der Waals surface area contributed by atoms with E-state index in [-0.39, 0.29) is 0 Å². The van der Waals surface area contributed by atoms with Crippen LogP contribution in [-0.4, -0.2) is 15.6 Å². The van der Waals surface area contributed by atoms with Gasteiger partial charge in [-0.2, -0.15) is 0 Å². The molecular formula is C18H16N2O2S. The molecule has 116 valence electrons. The molecule has 0 aliphatic carbocycles. The number of esters is 1. The number of carbonyl (C=O) groups is 1. The number of ether oxygens (including phenoxy) is 1. The van der Waals surface area contributed by atoms with Crippen molar-refractivity contribution in [1.82, 2.24) is 9.59 Å². The minimum absolute atomic E-state index is 0.400. The minimum Gasteiger partial charge on any atom is -0.422 e. The van der Waals surface area contributed by atoms with Crippen LogP contribution in [-0.2, 0) is 6.42 Å². The van der Waals surface area contributed by atoms with E-state index in [9.17, 15) is 4.79 Å². The Morgan fingerprint density at radius 2 is 1.74 bits per heavy atom. The maximum atomic E-state index is 12.5. The highest BCUT2D eigenvalue weighted by Gasteiger charge is 2.20. The van der Waals surface area contributed by atoms with Gasteiger partial charge in [-0.3, -0.25) is 0 Å². The summed E-state index contributed by atoms with van der Waals surface area (Å²) in [6.45, 7) is 3.84. The van der Waals surface area contributed by atoms with Gasteiger partial charge in [0, 0.05) is 6.42 Å². The predicted molar refractivity (Wildman–Crippen MR) is 90.0 cm³/mol. The van der Waals surface area contributed by atoms with E-state index in [1.165, 1.54) is 0 Å². The van der Waals surface area contributed by atoms with Gasteiger partial charge in [-0.25, -0.2) is 4.79 Å². The summed E-state index contributed by atoms with van der Waals surface area (Å²) in [6, 6.07) is 15.7. The molecule has 23 heavy (non-hydrogen) atoms. The molecule has 0 unspecified atom stereocenters.